The Labute approximate surface area is 213 Å². The fraction of sp³-hybridized carbons (Fsp3) is 0.562. The molecule has 0 amide bonds. The molecule has 0 radical (unpaired) electrons. The lowest BCUT2D eigenvalue weighted by Gasteiger charge is -2.15. The molecule has 0 aliphatic heterocycles. The lowest BCUT2D eigenvalue weighted by Crippen LogP contribution is -2.12. The highest BCUT2D eigenvalue weighted by Gasteiger charge is 2.20. The Bertz CT molecular complexity index is 905. The van der Waals surface area contributed by atoms with Crippen LogP contribution in [0.5, 0.6) is 0 Å². The van der Waals surface area contributed by atoms with Gasteiger partial charge in [-0.1, -0.05) is 90.2 Å². The predicted octanol–water partition coefficient (Wildman–Crippen LogP) is 8.84. The summed E-state index contributed by atoms with van der Waals surface area (Å²) in [5.41, 5.74) is 4.53. The molecule has 0 aromatic rings. The zero-order valence-electron chi connectivity index (χ0n) is 22.6. The van der Waals surface area contributed by atoms with Crippen LogP contribution in [0.15, 0.2) is 70.1 Å². The number of allylic oxidation sites excluding steroid dienone is 11. The minimum Gasteiger partial charge on any atom is -0.493 e. The molecular weight excluding hydrogens is 432 g/mol. The first-order chi connectivity index (χ1) is 17.0. The molecule has 0 saturated heterocycles. The Hall–Kier alpha value is -2.42. The maximum atomic E-state index is 12.7. The molecule has 0 N–H and O–H groups in total. The van der Waals surface area contributed by atoms with E-state index in [1.54, 1.807) is 7.11 Å². The van der Waals surface area contributed by atoms with E-state index < -0.39 is 0 Å². The third kappa shape index (κ3) is 9.99. The van der Waals surface area contributed by atoms with Crippen molar-refractivity contribution >= 4 is 11.6 Å². The summed E-state index contributed by atoms with van der Waals surface area (Å²) in [6.45, 7) is 6.35. The van der Waals surface area contributed by atoms with Crippen LogP contribution >= 0.6 is 0 Å². The SMILES string of the molecule is CCCCCCCCC1=C/C(=C\C=C2/C=C(CCCCCCCC)C(=O)C(OC)=C2)C=C(C)C1=O. The highest BCUT2D eigenvalue weighted by Crippen LogP contribution is 2.26. The normalized spacial score (nSPS) is 18.5. The van der Waals surface area contributed by atoms with E-state index >= 15 is 0 Å². The monoisotopic (exact) mass is 478 g/mol. The quantitative estimate of drug-likeness (QED) is 0.208. The van der Waals surface area contributed by atoms with E-state index in [4.69, 9.17) is 4.74 Å². The van der Waals surface area contributed by atoms with E-state index in [9.17, 15) is 9.59 Å². The van der Waals surface area contributed by atoms with E-state index in [2.05, 4.69) is 13.8 Å². The van der Waals surface area contributed by atoms with Crippen molar-refractivity contribution in [3.63, 3.8) is 0 Å². The van der Waals surface area contributed by atoms with Gasteiger partial charge in [0.25, 0.3) is 0 Å². The smallest absolute Gasteiger partial charge is 0.223 e. The van der Waals surface area contributed by atoms with Crippen LogP contribution in [0.3, 0.4) is 0 Å². The largest absolute Gasteiger partial charge is 0.493 e. The summed E-state index contributed by atoms with van der Waals surface area (Å²) in [4.78, 5) is 25.4. The van der Waals surface area contributed by atoms with Gasteiger partial charge in [-0.05, 0) is 73.6 Å². The molecule has 3 heteroatoms. The summed E-state index contributed by atoms with van der Waals surface area (Å²) in [5.74, 6) is 0.586. The zero-order chi connectivity index (χ0) is 25.5. The van der Waals surface area contributed by atoms with Gasteiger partial charge in [0.1, 0.15) is 0 Å². The number of carbonyl (C=O) groups excluding carboxylic acids is 2. The zero-order valence-corrected chi connectivity index (χ0v) is 22.6. The van der Waals surface area contributed by atoms with Gasteiger partial charge in [0.05, 0.1) is 7.11 Å². The molecule has 0 heterocycles. The predicted molar refractivity (Wildman–Crippen MR) is 147 cm³/mol. The third-order valence-electron chi connectivity index (χ3n) is 6.82. The lowest BCUT2D eigenvalue weighted by atomic mass is 9.90. The molecule has 192 valence electrons. The van der Waals surface area contributed by atoms with Gasteiger partial charge in [-0.25, -0.2) is 0 Å². The van der Waals surface area contributed by atoms with Gasteiger partial charge < -0.3 is 4.74 Å². The van der Waals surface area contributed by atoms with Crippen LogP contribution in [0, 0.1) is 0 Å². The lowest BCUT2D eigenvalue weighted by molar-refractivity contribution is -0.115. The standard InChI is InChI=1S/C32H46O3/c1-5-7-9-11-13-15-17-28-22-26(21-25(3)31(28)33)19-20-27-23-29(32(34)30(24-27)35-4)18-16-14-12-10-8-6-2/h19-24H,5-18H2,1-4H3/b26-19-,27-20+. The third-order valence-corrected chi connectivity index (χ3v) is 6.82. The van der Waals surface area contributed by atoms with Crippen LogP contribution in [0.1, 0.15) is 111 Å². The van der Waals surface area contributed by atoms with Crippen LogP contribution < -0.4 is 0 Å². The van der Waals surface area contributed by atoms with Crippen LogP contribution in [0.4, 0.5) is 0 Å². The van der Waals surface area contributed by atoms with Crippen molar-refractivity contribution in [2.45, 2.75) is 111 Å². The average molecular weight is 479 g/mol. The summed E-state index contributed by atoms with van der Waals surface area (Å²) in [6, 6.07) is 0. The minimum absolute atomic E-state index is 0.00554. The number of hydrogen-bond acceptors (Lipinski definition) is 3. The number of carbonyl (C=O) groups is 2. The van der Waals surface area contributed by atoms with Crippen LogP contribution in [-0.4, -0.2) is 18.7 Å². The molecule has 2 aliphatic rings. The Morgan fingerprint density at radius 1 is 0.629 bits per heavy atom. The maximum absolute atomic E-state index is 12.7. The number of rotatable bonds is 16. The van der Waals surface area contributed by atoms with Gasteiger partial charge in [-0.3, -0.25) is 9.59 Å². The Morgan fingerprint density at radius 3 is 1.60 bits per heavy atom. The first-order valence-corrected chi connectivity index (χ1v) is 13.9. The van der Waals surface area contributed by atoms with Crippen molar-refractivity contribution in [3.8, 4) is 0 Å². The summed E-state index contributed by atoms with van der Waals surface area (Å²) in [5, 5.41) is 0. The maximum Gasteiger partial charge on any atom is 0.223 e. The molecule has 2 rings (SSSR count). The van der Waals surface area contributed by atoms with Crippen molar-refractivity contribution < 1.29 is 14.3 Å². The van der Waals surface area contributed by atoms with Crippen LogP contribution in [0.2, 0.25) is 0 Å². The Balaban J connectivity index is 2.06. The van der Waals surface area contributed by atoms with Gasteiger partial charge >= 0.3 is 0 Å². The second-order valence-electron chi connectivity index (χ2n) is 9.91. The molecule has 3 nitrogen and oxygen atoms in total. The number of methoxy groups -OCH3 is 1. The minimum atomic E-state index is 0.00554. The highest BCUT2D eigenvalue weighted by atomic mass is 16.5. The van der Waals surface area contributed by atoms with E-state index in [0.29, 0.717) is 5.76 Å². The Kier molecular flexibility index (Phi) is 13.4. The molecule has 35 heavy (non-hydrogen) atoms. The second-order valence-corrected chi connectivity index (χ2v) is 9.91. The molecule has 0 aromatic carbocycles. The highest BCUT2D eigenvalue weighted by molar-refractivity contribution is 6.10. The molecule has 0 atom stereocenters. The number of Topliss-reactive ketones (excluding diaryl/α,β-unsaturated/α-hetero) is 2. The van der Waals surface area contributed by atoms with Crippen molar-refractivity contribution in [2.75, 3.05) is 7.11 Å². The fourth-order valence-electron chi connectivity index (χ4n) is 4.66. The summed E-state index contributed by atoms with van der Waals surface area (Å²) in [6.07, 6.45) is 28.1. The van der Waals surface area contributed by atoms with Gasteiger partial charge in [0.2, 0.25) is 5.78 Å². The molecule has 0 spiro atoms. The van der Waals surface area contributed by atoms with E-state index in [1.807, 2.05) is 43.4 Å². The number of ether oxygens (including phenoxy) is 1. The van der Waals surface area contributed by atoms with Crippen molar-refractivity contribution in [1.82, 2.24) is 0 Å². The van der Waals surface area contributed by atoms with Gasteiger partial charge in [0, 0.05) is 11.1 Å². The van der Waals surface area contributed by atoms with Crippen molar-refractivity contribution in [3.05, 3.63) is 70.1 Å². The average Bonchev–Trinajstić information content (AvgIpc) is 2.86. The van der Waals surface area contributed by atoms with Crippen LogP contribution in [-0.2, 0) is 14.3 Å². The van der Waals surface area contributed by atoms with E-state index in [1.165, 1.54) is 57.8 Å². The molecule has 0 unspecified atom stereocenters. The molecular formula is C32H46O3. The van der Waals surface area contributed by atoms with Gasteiger partial charge in [0.15, 0.2) is 11.5 Å². The first-order valence-electron chi connectivity index (χ1n) is 13.9. The number of hydrogen-bond donors (Lipinski definition) is 0. The van der Waals surface area contributed by atoms with E-state index in [0.717, 1.165) is 60.0 Å². The summed E-state index contributed by atoms with van der Waals surface area (Å²) >= 11 is 0. The van der Waals surface area contributed by atoms with Crippen molar-refractivity contribution in [2.24, 2.45) is 0 Å². The van der Waals surface area contributed by atoms with E-state index in [-0.39, 0.29) is 11.6 Å². The molecule has 0 bridgehead atoms. The molecule has 0 saturated carbocycles. The summed E-state index contributed by atoms with van der Waals surface area (Å²) in [7, 11) is 1.56. The Morgan fingerprint density at radius 2 is 1.09 bits per heavy atom. The number of unbranched alkanes of at least 4 members (excludes halogenated alkanes) is 10. The number of ketones is 2. The molecule has 0 fully saturated rings. The van der Waals surface area contributed by atoms with Crippen LogP contribution in [0.25, 0.3) is 0 Å². The van der Waals surface area contributed by atoms with Gasteiger partial charge in [-0.2, -0.15) is 0 Å². The topological polar surface area (TPSA) is 43.4 Å². The van der Waals surface area contributed by atoms with Crippen molar-refractivity contribution in [1.29, 1.82) is 0 Å². The molecule has 2 aliphatic carbocycles. The second kappa shape index (κ2) is 16.3. The summed E-state index contributed by atoms with van der Waals surface area (Å²) < 4.78 is 5.38. The molecule has 0 aromatic heterocycles. The fourth-order valence-corrected chi connectivity index (χ4v) is 4.66. The van der Waals surface area contributed by atoms with Gasteiger partial charge in [-0.15, -0.1) is 0 Å². The first kappa shape index (κ1) is 28.8.